The van der Waals surface area contributed by atoms with Crippen molar-refractivity contribution in [2.75, 3.05) is 0 Å². The molecular weight excluding hydrogens is 198 g/mol. The van der Waals surface area contributed by atoms with E-state index < -0.39 is 11.8 Å². The molecule has 1 aliphatic carbocycles. The third-order valence-corrected chi connectivity index (χ3v) is 2.27. The minimum atomic E-state index is -2.84. The van der Waals surface area contributed by atoms with Gasteiger partial charge in [0.2, 0.25) is 0 Å². The van der Waals surface area contributed by atoms with Crippen LogP contribution in [0.1, 0.15) is 18.5 Å². The molecule has 1 fully saturated rings. The summed E-state index contributed by atoms with van der Waals surface area (Å²) in [6.45, 7) is 0. The molecule has 0 unspecified atom stereocenters. The Labute approximate surface area is 78.9 Å². The second-order valence-electron chi connectivity index (χ2n) is 3.14. The average Bonchev–Trinajstić information content (AvgIpc) is 2.87. The maximum absolute atomic E-state index is 13.3. The quantitative estimate of drug-likeness (QED) is 0.740. The predicted molar refractivity (Wildman–Crippen MR) is 43.7 cm³/mol. The van der Waals surface area contributed by atoms with Crippen LogP contribution in [-0.2, 0) is 5.92 Å². The lowest BCUT2D eigenvalue weighted by Gasteiger charge is -2.13. The molecule has 0 aromatic carbocycles. The molecule has 1 saturated carbocycles. The SMILES string of the molecule is FC(F)(c1ccc(Cl)nn1)C1CC1. The van der Waals surface area contributed by atoms with Crippen molar-refractivity contribution in [3.8, 4) is 0 Å². The van der Waals surface area contributed by atoms with Crippen molar-refractivity contribution >= 4 is 11.6 Å². The first-order valence-corrected chi connectivity index (χ1v) is 4.36. The number of hydrogen-bond donors (Lipinski definition) is 0. The Hall–Kier alpha value is -0.770. The average molecular weight is 205 g/mol. The lowest BCUT2D eigenvalue weighted by molar-refractivity contribution is -0.0336. The van der Waals surface area contributed by atoms with Crippen LogP contribution in [0, 0.1) is 5.92 Å². The molecule has 0 amide bonds. The van der Waals surface area contributed by atoms with Crippen LogP contribution >= 0.6 is 11.6 Å². The van der Waals surface area contributed by atoms with Crippen molar-refractivity contribution in [3.05, 3.63) is 23.0 Å². The first kappa shape index (κ1) is 8.81. The Kier molecular flexibility index (Phi) is 1.95. The Bertz CT molecular complexity index is 308. The monoisotopic (exact) mass is 204 g/mol. The topological polar surface area (TPSA) is 25.8 Å². The fraction of sp³-hybridized carbons (Fsp3) is 0.500. The minimum absolute atomic E-state index is 0.135. The summed E-state index contributed by atoms with van der Waals surface area (Å²) in [6, 6.07) is 2.56. The van der Waals surface area contributed by atoms with E-state index >= 15 is 0 Å². The molecule has 2 rings (SSSR count). The fourth-order valence-corrected chi connectivity index (χ4v) is 1.25. The molecule has 0 atom stereocenters. The summed E-state index contributed by atoms with van der Waals surface area (Å²) in [5.41, 5.74) is -0.278. The molecule has 2 nitrogen and oxygen atoms in total. The molecular formula is C8H7ClF2N2. The van der Waals surface area contributed by atoms with E-state index in [9.17, 15) is 8.78 Å². The molecule has 0 saturated heterocycles. The first-order chi connectivity index (χ1) is 6.10. The Morgan fingerprint density at radius 3 is 2.46 bits per heavy atom. The van der Waals surface area contributed by atoms with E-state index in [0.29, 0.717) is 12.8 Å². The highest BCUT2D eigenvalue weighted by atomic mass is 35.5. The van der Waals surface area contributed by atoms with E-state index in [4.69, 9.17) is 11.6 Å². The van der Waals surface area contributed by atoms with Gasteiger partial charge in [-0.15, -0.1) is 10.2 Å². The summed E-state index contributed by atoms with van der Waals surface area (Å²) >= 11 is 5.44. The molecule has 1 aromatic rings. The van der Waals surface area contributed by atoms with Crippen molar-refractivity contribution in [2.24, 2.45) is 5.92 Å². The standard InChI is InChI=1S/C8H7ClF2N2/c9-7-4-3-6(12-13-7)8(10,11)5-1-2-5/h3-5H,1-2H2. The third kappa shape index (κ3) is 1.63. The second kappa shape index (κ2) is 2.87. The zero-order chi connectivity index (χ0) is 9.47. The first-order valence-electron chi connectivity index (χ1n) is 3.98. The van der Waals surface area contributed by atoms with Crippen molar-refractivity contribution in [2.45, 2.75) is 18.8 Å². The molecule has 5 heteroatoms. The molecule has 0 spiro atoms. The zero-order valence-corrected chi connectivity index (χ0v) is 7.43. The summed E-state index contributed by atoms with van der Waals surface area (Å²) in [7, 11) is 0. The summed E-state index contributed by atoms with van der Waals surface area (Å²) in [5, 5.41) is 6.90. The predicted octanol–water partition coefficient (Wildman–Crippen LogP) is 2.63. The number of halogens is 3. The molecule has 0 N–H and O–H groups in total. The van der Waals surface area contributed by atoms with Gasteiger partial charge in [0.25, 0.3) is 5.92 Å². The number of nitrogens with zero attached hydrogens (tertiary/aromatic N) is 2. The van der Waals surface area contributed by atoms with Crippen molar-refractivity contribution in [1.29, 1.82) is 0 Å². The third-order valence-electron chi connectivity index (χ3n) is 2.06. The highest BCUT2D eigenvalue weighted by Gasteiger charge is 2.49. The van der Waals surface area contributed by atoms with Gasteiger partial charge in [-0.2, -0.15) is 8.78 Å². The molecule has 1 heterocycles. The van der Waals surface area contributed by atoms with Crippen molar-refractivity contribution in [1.82, 2.24) is 10.2 Å². The van der Waals surface area contributed by atoms with E-state index in [0.717, 1.165) is 0 Å². The van der Waals surface area contributed by atoms with Gasteiger partial charge in [0.1, 0.15) is 5.69 Å². The molecule has 0 radical (unpaired) electrons. The molecule has 0 aliphatic heterocycles. The molecule has 13 heavy (non-hydrogen) atoms. The number of aromatic nitrogens is 2. The highest BCUT2D eigenvalue weighted by Crippen LogP contribution is 2.48. The largest absolute Gasteiger partial charge is 0.294 e. The van der Waals surface area contributed by atoms with Crippen LogP contribution in [0.25, 0.3) is 0 Å². The van der Waals surface area contributed by atoms with Gasteiger partial charge in [0, 0.05) is 5.92 Å². The number of rotatable bonds is 2. The fourth-order valence-electron chi connectivity index (χ4n) is 1.15. The van der Waals surface area contributed by atoms with Gasteiger partial charge in [0.15, 0.2) is 5.15 Å². The molecule has 1 aliphatic rings. The van der Waals surface area contributed by atoms with E-state index in [1.54, 1.807) is 0 Å². The van der Waals surface area contributed by atoms with Gasteiger partial charge in [-0.1, -0.05) is 11.6 Å². The van der Waals surface area contributed by atoms with Crippen LogP contribution in [0.5, 0.6) is 0 Å². The van der Waals surface area contributed by atoms with E-state index in [2.05, 4.69) is 10.2 Å². The zero-order valence-electron chi connectivity index (χ0n) is 6.67. The van der Waals surface area contributed by atoms with Crippen LogP contribution in [0.3, 0.4) is 0 Å². The summed E-state index contributed by atoms with van der Waals surface area (Å²) in [5.74, 6) is -3.39. The molecule has 0 bridgehead atoms. The second-order valence-corrected chi connectivity index (χ2v) is 3.53. The van der Waals surface area contributed by atoms with Gasteiger partial charge >= 0.3 is 0 Å². The van der Waals surface area contributed by atoms with Crippen molar-refractivity contribution < 1.29 is 8.78 Å². The number of alkyl halides is 2. The smallest absolute Gasteiger partial charge is 0.199 e. The van der Waals surface area contributed by atoms with E-state index in [-0.39, 0.29) is 10.8 Å². The highest BCUT2D eigenvalue weighted by molar-refractivity contribution is 6.29. The van der Waals surface area contributed by atoms with Gasteiger partial charge in [0.05, 0.1) is 0 Å². The van der Waals surface area contributed by atoms with Gasteiger partial charge in [-0.05, 0) is 25.0 Å². The Morgan fingerprint density at radius 1 is 1.31 bits per heavy atom. The lowest BCUT2D eigenvalue weighted by atomic mass is 10.1. The van der Waals surface area contributed by atoms with Gasteiger partial charge < -0.3 is 0 Å². The maximum Gasteiger partial charge on any atom is 0.294 e. The minimum Gasteiger partial charge on any atom is -0.199 e. The normalized spacial score (nSPS) is 17.5. The van der Waals surface area contributed by atoms with Crippen LogP contribution in [0.4, 0.5) is 8.78 Å². The summed E-state index contributed by atoms with van der Waals surface area (Å²) < 4.78 is 26.7. The molecule has 1 aromatic heterocycles. The molecule has 70 valence electrons. The van der Waals surface area contributed by atoms with E-state index in [1.807, 2.05) is 0 Å². The number of hydrogen-bond acceptors (Lipinski definition) is 2. The van der Waals surface area contributed by atoms with Crippen LogP contribution in [0.15, 0.2) is 12.1 Å². The van der Waals surface area contributed by atoms with E-state index in [1.165, 1.54) is 12.1 Å². The Balaban J connectivity index is 2.28. The lowest BCUT2D eigenvalue weighted by Crippen LogP contribution is -2.18. The maximum atomic E-state index is 13.3. The van der Waals surface area contributed by atoms with Crippen molar-refractivity contribution in [3.63, 3.8) is 0 Å². The summed E-state index contributed by atoms with van der Waals surface area (Å²) in [6.07, 6.45) is 1.13. The van der Waals surface area contributed by atoms with Gasteiger partial charge in [-0.25, -0.2) is 0 Å². The van der Waals surface area contributed by atoms with Crippen LogP contribution < -0.4 is 0 Å². The van der Waals surface area contributed by atoms with Gasteiger partial charge in [-0.3, -0.25) is 0 Å². The van der Waals surface area contributed by atoms with Crippen LogP contribution in [-0.4, -0.2) is 10.2 Å². The Morgan fingerprint density at radius 2 is 2.00 bits per heavy atom. The van der Waals surface area contributed by atoms with Crippen LogP contribution in [0.2, 0.25) is 5.15 Å². The summed E-state index contributed by atoms with van der Waals surface area (Å²) in [4.78, 5) is 0.